The molecule has 0 aliphatic carbocycles. The minimum atomic E-state index is -0.716. The van der Waals surface area contributed by atoms with E-state index in [2.05, 4.69) is 4.99 Å². The van der Waals surface area contributed by atoms with Crippen LogP contribution in [0.15, 0.2) is 23.2 Å². The summed E-state index contributed by atoms with van der Waals surface area (Å²) in [4.78, 5) is 3.31. The van der Waals surface area contributed by atoms with Gasteiger partial charge in [-0.25, -0.2) is 13.8 Å². The molecule has 0 aliphatic rings. The summed E-state index contributed by atoms with van der Waals surface area (Å²) in [5.41, 5.74) is 4.52. The lowest BCUT2D eigenvalue weighted by atomic mass is 10.3. The van der Waals surface area contributed by atoms with Crippen LogP contribution >= 0.6 is 0 Å². The van der Waals surface area contributed by atoms with E-state index >= 15 is 0 Å². The van der Waals surface area contributed by atoms with Crippen molar-refractivity contribution in [2.45, 2.75) is 0 Å². The number of nitrogens with two attached hydrogens (primary N) is 1. The van der Waals surface area contributed by atoms with Gasteiger partial charge in [-0.1, -0.05) is 6.07 Å². The summed E-state index contributed by atoms with van der Waals surface area (Å²) in [6, 6.07) is 3.50. The first-order valence-electron chi connectivity index (χ1n) is 2.94. The second-order valence-corrected chi connectivity index (χ2v) is 1.85. The summed E-state index contributed by atoms with van der Waals surface area (Å²) in [5.74, 6) is -1.43. The number of hydrogen-bond donors (Lipinski definition) is 1. The Hall–Kier alpha value is -1.45. The second kappa shape index (κ2) is 3.09. The van der Waals surface area contributed by atoms with Crippen LogP contribution in [0.25, 0.3) is 0 Å². The number of para-hydroxylation sites is 1. The highest BCUT2D eigenvalue weighted by atomic mass is 19.1. The zero-order valence-corrected chi connectivity index (χ0v) is 5.59. The smallest absolute Gasteiger partial charge is 0.151 e. The van der Waals surface area contributed by atoms with Gasteiger partial charge in [0.05, 0.1) is 6.34 Å². The standard InChI is InChI=1S/C7H6F2N2/c8-5-2-1-3-6(9)7(5)11-4-10/h1-4H,(H2,10,11). The molecule has 2 nitrogen and oxygen atoms in total. The van der Waals surface area contributed by atoms with Crippen molar-refractivity contribution < 1.29 is 8.78 Å². The van der Waals surface area contributed by atoms with Crippen molar-refractivity contribution in [3.63, 3.8) is 0 Å². The summed E-state index contributed by atoms with van der Waals surface area (Å²) < 4.78 is 25.3. The van der Waals surface area contributed by atoms with Crippen LogP contribution in [0.4, 0.5) is 14.5 Å². The molecule has 1 aromatic rings. The van der Waals surface area contributed by atoms with Gasteiger partial charge in [0.25, 0.3) is 0 Å². The maximum absolute atomic E-state index is 12.6. The number of nitrogens with zero attached hydrogens (tertiary/aromatic N) is 1. The molecule has 0 unspecified atom stereocenters. The molecule has 4 heteroatoms. The number of halogens is 2. The van der Waals surface area contributed by atoms with Gasteiger partial charge in [0.1, 0.15) is 5.69 Å². The molecule has 0 saturated heterocycles. The molecule has 0 aliphatic heterocycles. The lowest BCUT2D eigenvalue weighted by molar-refractivity contribution is 0.587. The number of rotatable bonds is 1. The van der Waals surface area contributed by atoms with Crippen LogP contribution in [0, 0.1) is 11.6 Å². The molecule has 0 radical (unpaired) electrons. The molecule has 0 heterocycles. The average Bonchev–Trinajstić information content (AvgIpc) is 1.97. The van der Waals surface area contributed by atoms with E-state index in [9.17, 15) is 8.78 Å². The minimum absolute atomic E-state index is 0.352. The Morgan fingerprint density at radius 1 is 1.27 bits per heavy atom. The molecule has 0 spiro atoms. The van der Waals surface area contributed by atoms with Crippen molar-refractivity contribution in [2.75, 3.05) is 0 Å². The SMILES string of the molecule is NC=Nc1c(F)cccc1F. The zero-order chi connectivity index (χ0) is 8.27. The van der Waals surface area contributed by atoms with Crippen molar-refractivity contribution in [3.8, 4) is 0 Å². The van der Waals surface area contributed by atoms with Crippen molar-refractivity contribution in [2.24, 2.45) is 10.7 Å². The molecule has 0 bridgehead atoms. The van der Waals surface area contributed by atoms with Crippen LogP contribution < -0.4 is 5.73 Å². The normalized spacial score (nSPS) is 10.7. The summed E-state index contributed by atoms with van der Waals surface area (Å²) in [7, 11) is 0. The highest BCUT2D eigenvalue weighted by molar-refractivity contribution is 5.59. The number of aliphatic imine (C=N–C) groups is 1. The monoisotopic (exact) mass is 156 g/mol. The maximum atomic E-state index is 12.6. The Bertz CT molecular complexity index is 264. The highest BCUT2D eigenvalue weighted by Gasteiger charge is 2.04. The Labute approximate surface area is 62.4 Å². The van der Waals surface area contributed by atoms with Crippen LogP contribution in [0.3, 0.4) is 0 Å². The first-order valence-corrected chi connectivity index (χ1v) is 2.94. The molecule has 1 rings (SSSR count). The third-order valence-electron chi connectivity index (χ3n) is 1.14. The zero-order valence-electron chi connectivity index (χ0n) is 5.59. The highest BCUT2D eigenvalue weighted by Crippen LogP contribution is 2.20. The van der Waals surface area contributed by atoms with Gasteiger partial charge >= 0.3 is 0 Å². The predicted octanol–water partition coefficient (Wildman–Crippen LogP) is 1.58. The molecule has 0 amide bonds. The van der Waals surface area contributed by atoms with Crippen LogP contribution in [-0.2, 0) is 0 Å². The minimum Gasteiger partial charge on any atom is -0.390 e. The van der Waals surface area contributed by atoms with Gasteiger partial charge < -0.3 is 5.73 Å². The van der Waals surface area contributed by atoms with Crippen LogP contribution in [0.2, 0.25) is 0 Å². The first-order chi connectivity index (χ1) is 5.25. The molecule has 2 N–H and O–H groups in total. The van der Waals surface area contributed by atoms with Gasteiger partial charge in [0, 0.05) is 0 Å². The summed E-state index contributed by atoms with van der Waals surface area (Å²) in [6.45, 7) is 0. The van der Waals surface area contributed by atoms with Gasteiger partial charge in [-0.05, 0) is 12.1 Å². The quantitative estimate of drug-likeness (QED) is 0.486. The topological polar surface area (TPSA) is 38.4 Å². The van der Waals surface area contributed by atoms with Crippen molar-refractivity contribution in [1.29, 1.82) is 0 Å². The Kier molecular flexibility index (Phi) is 2.15. The fourth-order valence-electron chi connectivity index (χ4n) is 0.687. The molecular weight excluding hydrogens is 150 g/mol. The van der Waals surface area contributed by atoms with Crippen molar-refractivity contribution in [1.82, 2.24) is 0 Å². The van der Waals surface area contributed by atoms with Gasteiger partial charge in [-0.2, -0.15) is 0 Å². The predicted molar refractivity (Wildman–Crippen MR) is 38.7 cm³/mol. The molecule has 1 aromatic carbocycles. The van der Waals surface area contributed by atoms with Crippen LogP contribution in [-0.4, -0.2) is 6.34 Å². The summed E-state index contributed by atoms with van der Waals surface area (Å²) in [5, 5.41) is 0. The third-order valence-corrected chi connectivity index (χ3v) is 1.14. The van der Waals surface area contributed by atoms with E-state index in [1.54, 1.807) is 0 Å². The fraction of sp³-hybridized carbons (Fsp3) is 0. The van der Waals surface area contributed by atoms with E-state index in [0.717, 1.165) is 18.5 Å². The number of hydrogen-bond acceptors (Lipinski definition) is 1. The van der Waals surface area contributed by atoms with E-state index in [-0.39, 0.29) is 5.69 Å². The van der Waals surface area contributed by atoms with Crippen LogP contribution in [0.5, 0.6) is 0 Å². The maximum Gasteiger partial charge on any atom is 0.151 e. The largest absolute Gasteiger partial charge is 0.390 e. The van der Waals surface area contributed by atoms with E-state index in [1.807, 2.05) is 0 Å². The molecule has 58 valence electrons. The summed E-state index contributed by atoms with van der Waals surface area (Å²) >= 11 is 0. The van der Waals surface area contributed by atoms with Crippen molar-refractivity contribution >= 4 is 12.0 Å². The third kappa shape index (κ3) is 1.52. The summed E-state index contributed by atoms with van der Waals surface area (Å²) in [6.07, 6.45) is 0.849. The van der Waals surface area contributed by atoms with Crippen molar-refractivity contribution in [3.05, 3.63) is 29.8 Å². The molecule has 11 heavy (non-hydrogen) atoms. The van der Waals surface area contributed by atoms with Gasteiger partial charge in [0.15, 0.2) is 11.6 Å². The van der Waals surface area contributed by atoms with Gasteiger partial charge in [-0.3, -0.25) is 0 Å². The van der Waals surface area contributed by atoms with E-state index in [4.69, 9.17) is 5.73 Å². The molecule has 0 atom stereocenters. The Balaban J connectivity index is 3.20. The molecule has 0 aromatic heterocycles. The van der Waals surface area contributed by atoms with E-state index < -0.39 is 11.6 Å². The van der Waals surface area contributed by atoms with E-state index in [0.29, 0.717) is 0 Å². The first kappa shape index (κ1) is 7.65. The molecule has 0 saturated carbocycles. The van der Waals surface area contributed by atoms with Gasteiger partial charge in [-0.15, -0.1) is 0 Å². The second-order valence-electron chi connectivity index (χ2n) is 1.85. The molecule has 0 fully saturated rings. The van der Waals surface area contributed by atoms with Gasteiger partial charge in [0.2, 0.25) is 0 Å². The lowest BCUT2D eigenvalue weighted by Crippen LogP contribution is -1.89. The number of benzene rings is 1. The fourth-order valence-corrected chi connectivity index (χ4v) is 0.687. The van der Waals surface area contributed by atoms with E-state index in [1.165, 1.54) is 6.07 Å². The lowest BCUT2D eigenvalue weighted by Gasteiger charge is -1.95. The molecular formula is C7H6F2N2. The van der Waals surface area contributed by atoms with Crippen LogP contribution in [0.1, 0.15) is 0 Å². The Morgan fingerprint density at radius 2 is 1.82 bits per heavy atom. The Morgan fingerprint density at radius 3 is 2.27 bits per heavy atom. The average molecular weight is 156 g/mol.